The molecule has 1 heterocycles. The quantitative estimate of drug-likeness (QED) is 0.851. The number of ether oxygens (including phenoxy) is 2. The molecule has 1 aromatic heterocycles. The van der Waals surface area contributed by atoms with Crippen molar-refractivity contribution in [3.63, 3.8) is 0 Å². The highest BCUT2D eigenvalue weighted by Gasteiger charge is 2.13. The number of hydrogen-bond donors (Lipinski definition) is 1. The van der Waals surface area contributed by atoms with Gasteiger partial charge in [0.05, 0.1) is 20.3 Å². The van der Waals surface area contributed by atoms with Gasteiger partial charge in [-0.15, -0.1) is 11.3 Å². The first-order valence-electron chi connectivity index (χ1n) is 7.00. The van der Waals surface area contributed by atoms with Gasteiger partial charge in [-0.05, 0) is 38.0 Å². The summed E-state index contributed by atoms with van der Waals surface area (Å²) in [5.41, 5.74) is 1.22. The Kier molecular flexibility index (Phi) is 5.59. The second kappa shape index (κ2) is 7.43. The van der Waals surface area contributed by atoms with Crippen molar-refractivity contribution in [3.8, 4) is 11.5 Å². The minimum absolute atomic E-state index is 0.264. The lowest BCUT2D eigenvalue weighted by atomic mass is 10.1. The molecule has 4 nitrogen and oxygen atoms in total. The minimum atomic E-state index is 0.264. The zero-order valence-corrected chi connectivity index (χ0v) is 13.7. The van der Waals surface area contributed by atoms with Crippen molar-refractivity contribution in [1.29, 1.82) is 0 Å². The number of aromatic nitrogens is 1. The van der Waals surface area contributed by atoms with E-state index in [0.717, 1.165) is 22.9 Å². The van der Waals surface area contributed by atoms with Crippen LogP contribution < -0.4 is 14.8 Å². The van der Waals surface area contributed by atoms with Gasteiger partial charge in [-0.1, -0.05) is 6.07 Å². The average molecular weight is 306 g/mol. The largest absolute Gasteiger partial charge is 0.493 e. The molecule has 2 rings (SSSR count). The van der Waals surface area contributed by atoms with Crippen LogP contribution in [0.15, 0.2) is 29.8 Å². The van der Waals surface area contributed by atoms with E-state index in [2.05, 4.69) is 30.2 Å². The van der Waals surface area contributed by atoms with E-state index in [1.165, 1.54) is 5.56 Å². The molecule has 1 aromatic carbocycles. The number of methoxy groups -OCH3 is 2. The van der Waals surface area contributed by atoms with Crippen LogP contribution in [0.3, 0.4) is 0 Å². The Morgan fingerprint density at radius 1 is 1.19 bits per heavy atom. The van der Waals surface area contributed by atoms with Crippen LogP contribution in [0.1, 0.15) is 30.5 Å². The molecule has 21 heavy (non-hydrogen) atoms. The van der Waals surface area contributed by atoms with Crippen molar-refractivity contribution in [1.82, 2.24) is 10.3 Å². The molecule has 0 saturated carbocycles. The molecular weight excluding hydrogens is 284 g/mol. The van der Waals surface area contributed by atoms with E-state index in [1.54, 1.807) is 25.6 Å². The summed E-state index contributed by atoms with van der Waals surface area (Å²) in [7, 11) is 3.31. The summed E-state index contributed by atoms with van der Waals surface area (Å²) in [6, 6.07) is 6.67. The average Bonchev–Trinajstić information content (AvgIpc) is 3.01. The topological polar surface area (TPSA) is 43.4 Å². The number of rotatable bonds is 7. The summed E-state index contributed by atoms with van der Waals surface area (Å²) in [6.07, 6.45) is 2.77. The van der Waals surface area contributed by atoms with Crippen molar-refractivity contribution in [3.05, 3.63) is 40.3 Å². The molecule has 5 heteroatoms. The zero-order chi connectivity index (χ0) is 15.2. The first-order chi connectivity index (χ1) is 10.1. The molecule has 0 fully saturated rings. The van der Waals surface area contributed by atoms with Crippen LogP contribution in [0.25, 0.3) is 0 Å². The summed E-state index contributed by atoms with van der Waals surface area (Å²) in [5.74, 6) is 1.54. The fourth-order valence-electron chi connectivity index (χ4n) is 2.37. The maximum atomic E-state index is 5.34. The van der Waals surface area contributed by atoms with E-state index in [4.69, 9.17) is 9.47 Å². The van der Waals surface area contributed by atoms with E-state index in [1.807, 2.05) is 23.7 Å². The summed E-state index contributed by atoms with van der Waals surface area (Å²) in [6.45, 7) is 4.32. The van der Waals surface area contributed by atoms with Gasteiger partial charge in [-0.2, -0.15) is 0 Å². The van der Waals surface area contributed by atoms with Crippen molar-refractivity contribution in [2.75, 3.05) is 14.2 Å². The van der Waals surface area contributed by atoms with Crippen molar-refractivity contribution in [2.45, 2.75) is 32.4 Å². The maximum absolute atomic E-state index is 5.34. The molecule has 0 saturated heterocycles. The summed E-state index contributed by atoms with van der Waals surface area (Å²) >= 11 is 1.68. The second-order valence-electron chi connectivity index (χ2n) is 5.05. The van der Waals surface area contributed by atoms with Crippen LogP contribution >= 0.6 is 11.3 Å². The van der Waals surface area contributed by atoms with E-state index < -0.39 is 0 Å². The molecule has 0 spiro atoms. The van der Waals surface area contributed by atoms with Crippen LogP contribution in [-0.4, -0.2) is 25.2 Å². The Hall–Kier alpha value is -1.59. The van der Waals surface area contributed by atoms with E-state index in [-0.39, 0.29) is 6.04 Å². The van der Waals surface area contributed by atoms with Gasteiger partial charge < -0.3 is 14.8 Å². The number of nitrogens with one attached hydrogen (secondary N) is 1. The number of benzene rings is 1. The van der Waals surface area contributed by atoms with Crippen LogP contribution in [0.5, 0.6) is 11.5 Å². The summed E-state index contributed by atoms with van der Waals surface area (Å²) in [5, 5.41) is 6.70. The third-order valence-corrected chi connectivity index (χ3v) is 4.30. The number of thiazole rings is 1. The van der Waals surface area contributed by atoms with Gasteiger partial charge in [-0.3, -0.25) is 0 Å². The van der Waals surface area contributed by atoms with Gasteiger partial charge in [0.2, 0.25) is 0 Å². The van der Waals surface area contributed by atoms with Gasteiger partial charge in [0.25, 0.3) is 0 Å². The standard InChI is InChI=1S/C16H22N2O2S/c1-11(18-12(2)16-17-7-8-21-16)9-13-5-6-14(19-3)15(10-13)20-4/h5-8,10-12,18H,9H2,1-4H3. The van der Waals surface area contributed by atoms with E-state index in [0.29, 0.717) is 6.04 Å². The normalized spacial score (nSPS) is 13.7. The SMILES string of the molecule is COc1ccc(CC(C)NC(C)c2nccs2)cc1OC. The first-order valence-corrected chi connectivity index (χ1v) is 7.88. The molecule has 114 valence electrons. The fourth-order valence-corrected chi connectivity index (χ4v) is 3.02. The Morgan fingerprint density at radius 3 is 2.57 bits per heavy atom. The predicted octanol–water partition coefficient (Wildman–Crippen LogP) is 3.44. The van der Waals surface area contributed by atoms with Gasteiger partial charge in [-0.25, -0.2) is 4.98 Å². The van der Waals surface area contributed by atoms with Crippen LogP contribution in [0.4, 0.5) is 0 Å². The Labute approximate surface area is 130 Å². The molecule has 2 aromatic rings. The molecule has 2 unspecified atom stereocenters. The molecule has 0 aliphatic carbocycles. The van der Waals surface area contributed by atoms with Gasteiger partial charge in [0.1, 0.15) is 5.01 Å². The highest BCUT2D eigenvalue weighted by Crippen LogP contribution is 2.28. The first kappa shape index (κ1) is 15.8. The monoisotopic (exact) mass is 306 g/mol. The lowest BCUT2D eigenvalue weighted by Crippen LogP contribution is -2.30. The minimum Gasteiger partial charge on any atom is -0.493 e. The molecule has 0 amide bonds. The zero-order valence-electron chi connectivity index (χ0n) is 12.9. The molecular formula is C16H22N2O2S. The molecule has 0 aliphatic heterocycles. The van der Waals surface area contributed by atoms with Gasteiger partial charge in [0.15, 0.2) is 11.5 Å². The van der Waals surface area contributed by atoms with E-state index in [9.17, 15) is 0 Å². The molecule has 0 bridgehead atoms. The highest BCUT2D eigenvalue weighted by atomic mass is 32.1. The lowest BCUT2D eigenvalue weighted by Gasteiger charge is -2.19. The fraction of sp³-hybridized carbons (Fsp3) is 0.438. The van der Waals surface area contributed by atoms with Crippen LogP contribution in [0, 0.1) is 0 Å². The number of hydrogen-bond acceptors (Lipinski definition) is 5. The number of nitrogens with zero attached hydrogens (tertiary/aromatic N) is 1. The molecule has 1 N–H and O–H groups in total. The van der Waals surface area contributed by atoms with Gasteiger partial charge in [0, 0.05) is 17.6 Å². The Morgan fingerprint density at radius 2 is 1.95 bits per heavy atom. The smallest absolute Gasteiger partial charge is 0.160 e. The second-order valence-corrected chi connectivity index (χ2v) is 5.98. The highest BCUT2D eigenvalue weighted by molar-refractivity contribution is 7.09. The van der Waals surface area contributed by atoms with Crippen molar-refractivity contribution >= 4 is 11.3 Å². The maximum Gasteiger partial charge on any atom is 0.160 e. The van der Waals surface area contributed by atoms with Crippen LogP contribution in [0.2, 0.25) is 0 Å². The van der Waals surface area contributed by atoms with Crippen molar-refractivity contribution < 1.29 is 9.47 Å². The Balaban J connectivity index is 1.97. The molecule has 2 atom stereocenters. The van der Waals surface area contributed by atoms with Gasteiger partial charge >= 0.3 is 0 Å². The van der Waals surface area contributed by atoms with Crippen molar-refractivity contribution in [2.24, 2.45) is 0 Å². The van der Waals surface area contributed by atoms with Crippen LogP contribution in [-0.2, 0) is 6.42 Å². The van der Waals surface area contributed by atoms with E-state index >= 15 is 0 Å². The lowest BCUT2D eigenvalue weighted by molar-refractivity contribution is 0.354. The molecule has 0 aliphatic rings. The third-order valence-electron chi connectivity index (χ3n) is 3.35. The summed E-state index contributed by atoms with van der Waals surface area (Å²) in [4.78, 5) is 4.35. The predicted molar refractivity (Wildman–Crippen MR) is 86.4 cm³/mol. The third kappa shape index (κ3) is 4.19. The molecule has 0 radical (unpaired) electrons. The summed E-state index contributed by atoms with van der Waals surface area (Å²) < 4.78 is 10.6. The Bertz CT molecular complexity index is 557.